The van der Waals surface area contributed by atoms with Crippen molar-refractivity contribution in [3.63, 3.8) is 0 Å². The molecule has 0 saturated carbocycles. The molecule has 0 spiro atoms. The molecule has 1 aliphatic heterocycles. The highest BCUT2D eigenvalue weighted by Gasteiger charge is 2.13. The number of ether oxygens (including phenoxy) is 2. The van der Waals surface area contributed by atoms with Crippen molar-refractivity contribution in [1.82, 2.24) is 25.4 Å². The van der Waals surface area contributed by atoms with E-state index >= 15 is 0 Å². The SMILES string of the molecule is Cn1cc(-c2cc(CNC(=O)NCc3ccc4c(c3)OCO4)ccn2)cn1. The van der Waals surface area contributed by atoms with E-state index in [0.717, 1.165) is 28.1 Å². The molecule has 8 heteroatoms. The van der Waals surface area contributed by atoms with Crippen LogP contribution in [0.5, 0.6) is 11.5 Å². The lowest BCUT2D eigenvalue weighted by molar-refractivity contribution is 0.174. The minimum absolute atomic E-state index is 0.236. The van der Waals surface area contributed by atoms with Crippen molar-refractivity contribution in [2.24, 2.45) is 7.05 Å². The number of carbonyl (C=O) groups is 1. The predicted molar refractivity (Wildman–Crippen MR) is 98.1 cm³/mol. The fraction of sp³-hybridized carbons (Fsp3) is 0.211. The number of fused-ring (bicyclic) bond motifs is 1. The molecule has 0 aliphatic carbocycles. The lowest BCUT2D eigenvalue weighted by Crippen LogP contribution is -2.34. The summed E-state index contributed by atoms with van der Waals surface area (Å²) < 4.78 is 12.3. The maximum absolute atomic E-state index is 12.1. The van der Waals surface area contributed by atoms with Crippen LogP contribution in [0.4, 0.5) is 4.79 Å². The van der Waals surface area contributed by atoms with Gasteiger partial charge in [0.1, 0.15) is 0 Å². The molecule has 4 rings (SSSR count). The zero-order valence-electron chi connectivity index (χ0n) is 14.8. The van der Waals surface area contributed by atoms with Crippen molar-refractivity contribution >= 4 is 6.03 Å². The molecule has 2 aromatic heterocycles. The van der Waals surface area contributed by atoms with E-state index in [1.54, 1.807) is 17.1 Å². The molecule has 1 aromatic carbocycles. The minimum atomic E-state index is -0.243. The van der Waals surface area contributed by atoms with Gasteiger partial charge >= 0.3 is 6.03 Å². The van der Waals surface area contributed by atoms with E-state index in [1.165, 1.54) is 0 Å². The number of amides is 2. The van der Waals surface area contributed by atoms with E-state index < -0.39 is 0 Å². The standard InChI is InChI=1S/C19H19N5O3/c1-24-11-15(10-23-24)16-6-14(4-5-20-16)9-22-19(25)21-8-13-2-3-17-18(7-13)27-12-26-17/h2-7,10-11H,8-9,12H2,1H3,(H2,21,22,25). The predicted octanol–water partition coefficient (Wildman–Crippen LogP) is 2.21. The van der Waals surface area contributed by atoms with E-state index in [9.17, 15) is 4.79 Å². The lowest BCUT2D eigenvalue weighted by atomic mass is 10.1. The fourth-order valence-corrected chi connectivity index (χ4v) is 2.77. The summed E-state index contributed by atoms with van der Waals surface area (Å²) in [5.74, 6) is 1.43. The van der Waals surface area contributed by atoms with E-state index in [0.29, 0.717) is 18.8 Å². The fourth-order valence-electron chi connectivity index (χ4n) is 2.77. The maximum atomic E-state index is 12.1. The number of nitrogens with zero attached hydrogens (tertiary/aromatic N) is 3. The van der Waals surface area contributed by atoms with Gasteiger partial charge in [0.2, 0.25) is 6.79 Å². The second kappa shape index (κ2) is 7.36. The van der Waals surface area contributed by atoms with Crippen LogP contribution in [0.3, 0.4) is 0 Å². The first-order chi connectivity index (χ1) is 13.2. The highest BCUT2D eigenvalue weighted by Crippen LogP contribution is 2.32. The third kappa shape index (κ3) is 4.00. The Hall–Kier alpha value is -3.55. The number of hydrogen-bond acceptors (Lipinski definition) is 5. The summed E-state index contributed by atoms with van der Waals surface area (Å²) in [7, 11) is 1.86. The van der Waals surface area contributed by atoms with Gasteiger partial charge in [-0.3, -0.25) is 9.67 Å². The molecule has 0 unspecified atom stereocenters. The van der Waals surface area contributed by atoms with Crippen LogP contribution in [0.25, 0.3) is 11.3 Å². The zero-order valence-corrected chi connectivity index (χ0v) is 14.8. The molecule has 8 nitrogen and oxygen atoms in total. The van der Waals surface area contributed by atoms with Crippen LogP contribution in [0.1, 0.15) is 11.1 Å². The van der Waals surface area contributed by atoms with Crippen LogP contribution >= 0.6 is 0 Å². The first-order valence-corrected chi connectivity index (χ1v) is 8.51. The average Bonchev–Trinajstić information content (AvgIpc) is 3.33. The van der Waals surface area contributed by atoms with Crippen LogP contribution < -0.4 is 20.1 Å². The summed E-state index contributed by atoms with van der Waals surface area (Å²) >= 11 is 0. The summed E-state index contributed by atoms with van der Waals surface area (Å²) in [5, 5.41) is 9.84. The van der Waals surface area contributed by atoms with Gasteiger partial charge in [0, 0.05) is 38.1 Å². The number of nitrogens with one attached hydrogen (secondary N) is 2. The summed E-state index contributed by atoms with van der Waals surface area (Å²) in [5.41, 5.74) is 3.66. The van der Waals surface area contributed by atoms with Crippen molar-refractivity contribution in [3.8, 4) is 22.8 Å². The van der Waals surface area contributed by atoms with Crippen LogP contribution in [0.15, 0.2) is 48.9 Å². The Morgan fingerprint density at radius 1 is 1.11 bits per heavy atom. The van der Waals surface area contributed by atoms with Gasteiger partial charge in [-0.1, -0.05) is 6.07 Å². The molecule has 0 atom stereocenters. The topological polar surface area (TPSA) is 90.3 Å². The quantitative estimate of drug-likeness (QED) is 0.723. The monoisotopic (exact) mass is 365 g/mol. The third-order valence-electron chi connectivity index (χ3n) is 4.17. The van der Waals surface area contributed by atoms with Gasteiger partial charge in [-0.2, -0.15) is 5.10 Å². The van der Waals surface area contributed by atoms with E-state index in [-0.39, 0.29) is 12.8 Å². The van der Waals surface area contributed by atoms with Crippen LogP contribution in [0.2, 0.25) is 0 Å². The van der Waals surface area contributed by atoms with Gasteiger partial charge in [0.25, 0.3) is 0 Å². The molecule has 0 bridgehead atoms. The summed E-state index contributed by atoms with van der Waals surface area (Å²) in [6, 6.07) is 9.18. The Bertz CT molecular complexity index is 969. The minimum Gasteiger partial charge on any atom is -0.454 e. The summed E-state index contributed by atoms with van der Waals surface area (Å²) in [4.78, 5) is 16.4. The van der Waals surface area contributed by atoms with Crippen LogP contribution in [0, 0.1) is 0 Å². The molecular weight excluding hydrogens is 346 g/mol. The van der Waals surface area contributed by atoms with E-state index in [1.807, 2.05) is 43.6 Å². The first kappa shape index (κ1) is 16.9. The second-order valence-corrected chi connectivity index (χ2v) is 6.18. The second-order valence-electron chi connectivity index (χ2n) is 6.18. The molecule has 0 fully saturated rings. The number of urea groups is 1. The molecule has 3 heterocycles. The Morgan fingerprint density at radius 3 is 2.67 bits per heavy atom. The van der Waals surface area contributed by atoms with Gasteiger partial charge in [0.15, 0.2) is 11.5 Å². The van der Waals surface area contributed by atoms with Crippen LogP contribution in [-0.2, 0) is 20.1 Å². The number of aromatic nitrogens is 3. The Balaban J connectivity index is 1.30. The highest BCUT2D eigenvalue weighted by atomic mass is 16.7. The summed E-state index contributed by atoms with van der Waals surface area (Å²) in [6.45, 7) is 1.04. The third-order valence-corrected chi connectivity index (χ3v) is 4.17. The normalized spacial score (nSPS) is 12.0. The van der Waals surface area contributed by atoms with E-state index in [2.05, 4.69) is 20.7 Å². The molecule has 1 aliphatic rings. The van der Waals surface area contributed by atoms with Crippen molar-refractivity contribution in [2.75, 3.05) is 6.79 Å². The molecule has 0 radical (unpaired) electrons. The molecular formula is C19H19N5O3. The molecule has 27 heavy (non-hydrogen) atoms. The van der Waals surface area contributed by atoms with Crippen molar-refractivity contribution in [3.05, 3.63) is 60.0 Å². The van der Waals surface area contributed by atoms with Gasteiger partial charge in [0.05, 0.1) is 11.9 Å². The Kier molecular flexibility index (Phi) is 4.61. The van der Waals surface area contributed by atoms with Gasteiger partial charge in [-0.15, -0.1) is 0 Å². The van der Waals surface area contributed by atoms with E-state index in [4.69, 9.17) is 9.47 Å². The smallest absolute Gasteiger partial charge is 0.315 e. The maximum Gasteiger partial charge on any atom is 0.315 e. The van der Waals surface area contributed by atoms with Crippen LogP contribution in [-0.4, -0.2) is 27.6 Å². The van der Waals surface area contributed by atoms with Crippen molar-refractivity contribution < 1.29 is 14.3 Å². The van der Waals surface area contributed by atoms with Crippen molar-refractivity contribution in [1.29, 1.82) is 0 Å². The van der Waals surface area contributed by atoms with Gasteiger partial charge in [-0.25, -0.2) is 4.79 Å². The zero-order chi connectivity index (χ0) is 18.6. The highest BCUT2D eigenvalue weighted by molar-refractivity contribution is 5.74. The average molecular weight is 365 g/mol. The first-order valence-electron chi connectivity index (χ1n) is 8.51. The molecule has 2 N–H and O–H groups in total. The van der Waals surface area contributed by atoms with Gasteiger partial charge < -0.3 is 20.1 Å². The molecule has 3 aromatic rings. The number of benzene rings is 1. The number of hydrogen-bond donors (Lipinski definition) is 2. The lowest BCUT2D eigenvalue weighted by Gasteiger charge is -2.09. The van der Waals surface area contributed by atoms with Crippen molar-refractivity contribution in [2.45, 2.75) is 13.1 Å². The number of rotatable bonds is 5. The Morgan fingerprint density at radius 2 is 1.89 bits per heavy atom. The largest absolute Gasteiger partial charge is 0.454 e. The number of carbonyl (C=O) groups excluding carboxylic acids is 1. The number of aryl methyl sites for hydroxylation is 1. The molecule has 138 valence electrons. The Labute approximate surface area is 156 Å². The van der Waals surface area contributed by atoms with Gasteiger partial charge in [-0.05, 0) is 35.4 Å². The molecule has 2 amide bonds. The summed E-state index contributed by atoms with van der Waals surface area (Å²) in [6.07, 6.45) is 5.39. The molecule has 0 saturated heterocycles. The number of pyridine rings is 1.